The van der Waals surface area contributed by atoms with E-state index in [1.807, 2.05) is 0 Å². The SMILES string of the molecule is Cc1ccc([N+](=O)[O-])c(N2CCCCC2C(=O)O)n1. The molecule has 0 aliphatic carbocycles. The van der Waals surface area contributed by atoms with Gasteiger partial charge in [0.25, 0.3) is 0 Å². The molecule has 7 nitrogen and oxygen atoms in total. The van der Waals surface area contributed by atoms with Gasteiger partial charge in [-0.1, -0.05) is 0 Å². The van der Waals surface area contributed by atoms with E-state index in [2.05, 4.69) is 4.98 Å². The fourth-order valence-electron chi connectivity index (χ4n) is 2.33. The number of hydrogen-bond donors (Lipinski definition) is 1. The third-order valence-electron chi connectivity index (χ3n) is 3.25. The number of carboxylic acid groups (broad SMARTS) is 1. The van der Waals surface area contributed by atoms with Gasteiger partial charge in [0, 0.05) is 18.3 Å². The maximum absolute atomic E-state index is 11.3. The highest BCUT2D eigenvalue weighted by atomic mass is 16.6. The van der Waals surface area contributed by atoms with Gasteiger partial charge in [-0.3, -0.25) is 10.1 Å². The van der Waals surface area contributed by atoms with Crippen LogP contribution in [0.3, 0.4) is 0 Å². The molecule has 0 saturated carbocycles. The summed E-state index contributed by atoms with van der Waals surface area (Å²) in [6.45, 7) is 2.21. The Kier molecular flexibility index (Phi) is 3.64. The average molecular weight is 265 g/mol. The molecule has 0 aromatic carbocycles. The molecule has 1 N–H and O–H groups in total. The molecule has 0 spiro atoms. The second kappa shape index (κ2) is 5.21. The Labute approximate surface area is 110 Å². The first kappa shape index (κ1) is 13.3. The molecule has 1 aromatic rings. The number of aliphatic carboxylic acids is 1. The summed E-state index contributed by atoms with van der Waals surface area (Å²) >= 11 is 0. The number of piperidine rings is 1. The highest BCUT2D eigenvalue weighted by molar-refractivity contribution is 5.79. The zero-order valence-electron chi connectivity index (χ0n) is 10.6. The number of rotatable bonds is 3. The summed E-state index contributed by atoms with van der Waals surface area (Å²) in [7, 11) is 0. The van der Waals surface area contributed by atoms with Crippen LogP contribution in [0.4, 0.5) is 11.5 Å². The summed E-state index contributed by atoms with van der Waals surface area (Å²) in [5.74, 6) is -0.797. The normalized spacial score (nSPS) is 19.2. The molecular formula is C12H15N3O4. The quantitative estimate of drug-likeness (QED) is 0.660. The predicted molar refractivity (Wildman–Crippen MR) is 68.2 cm³/mol. The van der Waals surface area contributed by atoms with Crippen molar-refractivity contribution in [2.24, 2.45) is 0 Å². The number of pyridine rings is 1. The van der Waals surface area contributed by atoms with Crippen LogP contribution in [0.15, 0.2) is 12.1 Å². The van der Waals surface area contributed by atoms with Crippen LogP contribution < -0.4 is 4.90 Å². The van der Waals surface area contributed by atoms with Gasteiger partial charge in [0.05, 0.1) is 4.92 Å². The van der Waals surface area contributed by atoms with Crippen LogP contribution in [0.25, 0.3) is 0 Å². The largest absolute Gasteiger partial charge is 0.480 e. The minimum absolute atomic E-state index is 0.140. The Morgan fingerprint density at radius 1 is 1.53 bits per heavy atom. The van der Waals surface area contributed by atoms with Crippen LogP contribution in [0.1, 0.15) is 25.0 Å². The van der Waals surface area contributed by atoms with Crippen LogP contribution in [0.5, 0.6) is 0 Å². The number of aromatic nitrogens is 1. The van der Waals surface area contributed by atoms with E-state index in [0.29, 0.717) is 18.7 Å². The molecule has 1 aromatic heterocycles. The van der Waals surface area contributed by atoms with Crippen molar-refractivity contribution in [2.45, 2.75) is 32.2 Å². The average Bonchev–Trinajstić information content (AvgIpc) is 2.38. The van der Waals surface area contributed by atoms with Crippen LogP contribution >= 0.6 is 0 Å². The van der Waals surface area contributed by atoms with Gasteiger partial charge in [-0.15, -0.1) is 0 Å². The van der Waals surface area contributed by atoms with Crippen molar-refractivity contribution in [1.29, 1.82) is 0 Å². The summed E-state index contributed by atoms with van der Waals surface area (Å²) < 4.78 is 0. The summed E-state index contributed by atoms with van der Waals surface area (Å²) in [4.78, 5) is 27.5. The summed E-state index contributed by atoms with van der Waals surface area (Å²) in [5, 5.41) is 20.3. The molecule has 0 amide bonds. The van der Waals surface area contributed by atoms with Gasteiger partial charge in [0.1, 0.15) is 6.04 Å². The van der Waals surface area contributed by atoms with Crippen LogP contribution in [-0.4, -0.2) is 33.6 Å². The number of nitrogens with zero attached hydrogens (tertiary/aromatic N) is 3. The topological polar surface area (TPSA) is 96.6 Å². The molecule has 19 heavy (non-hydrogen) atoms. The lowest BCUT2D eigenvalue weighted by Crippen LogP contribution is -2.45. The molecule has 102 valence electrons. The van der Waals surface area contributed by atoms with Crippen LogP contribution in [0.2, 0.25) is 0 Å². The Morgan fingerprint density at radius 2 is 2.26 bits per heavy atom. The summed E-state index contributed by atoms with van der Waals surface area (Å²) in [5.41, 5.74) is 0.495. The van der Waals surface area contributed by atoms with Crippen molar-refractivity contribution >= 4 is 17.5 Å². The second-order valence-corrected chi connectivity index (χ2v) is 4.60. The first-order valence-electron chi connectivity index (χ1n) is 6.12. The lowest BCUT2D eigenvalue weighted by atomic mass is 10.0. The third kappa shape index (κ3) is 2.64. The van der Waals surface area contributed by atoms with Gasteiger partial charge in [-0.2, -0.15) is 0 Å². The van der Waals surface area contributed by atoms with Crippen LogP contribution in [0, 0.1) is 17.0 Å². The lowest BCUT2D eigenvalue weighted by Gasteiger charge is -2.33. The zero-order chi connectivity index (χ0) is 14.0. The van der Waals surface area contributed by atoms with E-state index in [9.17, 15) is 20.0 Å². The zero-order valence-corrected chi connectivity index (χ0v) is 10.6. The molecule has 1 fully saturated rings. The van der Waals surface area contributed by atoms with Gasteiger partial charge in [0.15, 0.2) is 0 Å². The Hall–Kier alpha value is -2.18. The van der Waals surface area contributed by atoms with Crippen molar-refractivity contribution < 1.29 is 14.8 Å². The minimum Gasteiger partial charge on any atom is -0.480 e. The van der Waals surface area contributed by atoms with Crippen molar-refractivity contribution in [1.82, 2.24) is 4.98 Å². The van der Waals surface area contributed by atoms with E-state index in [4.69, 9.17) is 0 Å². The summed E-state index contributed by atoms with van der Waals surface area (Å²) in [6, 6.07) is 2.20. The van der Waals surface area contributed by atoms with Crippen molar-refractivity contribution in [2.75, 3.05) is 11.4 Å². The molecule has 2 rings (SSSR count). The maximum Gasteiger partial charge on any atom is 0.326 e. The van der Waals surface area contributed by atoms with E-state index < -0.39 is 16.9 Å². The molecular weight excluding hydrogens is 250 g/mol. The predicted octanol–water partition coefficient (Wildman–Crippen LogP) is 1.74. The van der Waals surface area contributed by atoms with Gasteiger partial charge >= 0.3 is 11.7 Å². The molecule has 1 aliphatic heterocycles. The van der Waals surface area contributed by atoms with Gasteiger partial charge in [-0.25, -0.2) is 9.78 Å². The van der Waals surface area contributed by atoms with E-state index in [1.165, 1.54) is 11.0 Å². The second-order valence-electron chi connectivity index (χ2n) is 4.60. The fraction of sp³-hybridized carbons (Fsp3) is 0.500. The molecule has 0 bridgehead atoms. The van der Waals surface area contributed by atoms with Crippen molar-refractivity contribution in [3.63, 3.8) is 0 Å². The Bertz CT molecular complexity index is 518. The lowest BCUT2D eigenvalue weighted by molar-refractivity contribution is -0.384. The molecule has 0 radical (unpaired) electrons. The Morgan fingerprint density at radius 3 is 2.89 bits per heavy atom. The number of carboxylic acids is 1. The first-order valence-corrected chi connectivity index (χ1v) is 6.12. The van der Waals surface area contributed by atoms with E-state index in [0.717, 1.165) is 12.8 Å². The number of hydrogen-bond acceptors (Lipinski definition) is 5. The maximum atomic E-state index is 11.3. The molecule has 1 saturated heterocycles. The highest BCUT2D eigenvalue weighted by Gasteiger charge is 2.33. The molecule has 1 unspecified atom stereocenters. The number of nitro groups is 1. The van der Waals surface area contributed by atoms with E-state index in [-0.39, 0.29) is 11.5 Å². The molecule has 2 heterocycles. The van der Waals surface area contributed by atoms with Gasteiger partial charge < -0.3 is 10.0 Å². The van der Waals surface area contributed by atoms with Crippen LogP contribution in [-0.2, 0) is 4.79 Å². The fourth-order valence-corrected chi connectivity index (χ4v) is 2.33. The molecule has 7 heteroatoms. The van der Waals surface area contributed by atoms with Gasteiger partial charge in [-0.05, 0) is 32.3 Å². The molecule has 1 aliphatic rings. The minimum atomic E-state index is -0.961. The summed E-state index contributed by atoms with van der Waals surface area (Å²) in [6.07, 6.45) is 2.12. The van der Waals surface area contributed by atoms with E-state index in [1.54, 1.807) is 13.0 Å². The molecule has 1 atom stereocenters. The van der Waals surface area contributed by atoms with Crippen molar-refractivity contribution in [3.8, 4) is 0 Å². The number of aryl methyl sites for hydroxylation is 1. The number of carbonyl (C=O) groups is 1. The standard InChI is InChI=1S/C12H15N3O4/c1-8-5-6-9(15(18)19)11(13-8)14-7-3-2-4-10(14)12(16)17/h5-6,10H,2-4,7H2,1H3,(H,16,17). The highest BCUT2D eigenvalue weighted by Crippen LogP contribution is 2.31. The number of anilines is 1. The third-order valence-corrected chi connectivity index (χ3v) is 3.25. The monoisotopic (exact) mass is 265 g/mol. The van der Waals surface area contributed by atoms with Crippen molar-refractivity contribution in [3.05, 3.63) is 27.9 Å². The Balaban J connectivity index is 2.46. The smallest absolute Gasteiger partial charge is 0.326 e. The van der Waals surface area contributed by atoms with Gasteiger partial charge in [0.2, 0.25) is 5.82 Å². The first-order chi connectivity index (χ1) is 9.00. The van der Waals surface area contributed by atoms with E-state index >= 15 is 0 Å².